The number of amides is 1. The van der Waals surface area contributed by atoms with Gasteiger partial charge in [-0.2, -0.15) is 0 Å². The number of carbonyl (C=O) groups excluding carboxylic acids is 3. The van der Waals surface area contributed by atoms with Crippen molar-refractivity contribution in [1.82, 2.24) is 4.98 Å². The van der Waals surface area contributed by atoms with Crippen LogP contribution in [0.25, 0.3) is 11.1 Å². The molecule has 0 atom stereocenters. The highest BCUT2D eigenvalue weighted by atomic mass is 35.5. The molecule has 0 aliphatic rings. The maximum atomic E-state index is 12.6. The summed E-state index contributed by atoms with van der Waals surface area (Å²) in [6.07, 6.45) is 1.38. The Labute approximate surface area is 188 Å². The average Bonchev–Trinajstić information content (AvgIpc) is 3.16. The van der Waals surface area contributed by atoms with Gasteiger partial charge in [-0.05, 0) is 32.0 Å². The summed E-state index contributed by atoms with van der Waals surface area (Å²) >= 11 is 7.44. The molecule has 1 aromatic carbocycles. The van der Waals surface area contributed by atoms with Crippen LogP contribution in [0.3, 0.4) is 0 Å². The predicted octanol–water partition coefficient (Wildman–Crippen LogP) is 4.74. The second-order valence-electron chi connectivity index (χ2n) is 6.37. The summed E-state index contributed by atoms with van der Waals surface area (Å²) in [5, 5.41) is 5.08. The Hall–Kier alpha value is -3.23. The van der Waals surface area contributed by atoms with Crippen LogP contribution in [0.2, 0.25) is 5.02 Å². The van der Waals surface area contributed by atoms with E-state index in [9.17, 15) is 14.4 Å². The van der Waals surface area contributed by atoms with Crippen LogP contribution >= 0.6 is 22.9 Å². The minimum atomic E-state index is -0.670. The van der Waals surface area contributed by atoms with Crippen LogP contribution in [0, 0.1) is 6.92 Å². The summed E-state index contributed by atoms with van der Waals surface area (Å²) in [5.41, 5.74) is 2.38. The van der Waals surface area contributed by atoms with Crippen molar-refractivity contribution < 1.29 is 23.9 Å². The topological polar surface area (TPSA) is 94.6 Å². The first-order valence-electron chi connectivity index (χ1n) is 9.33. The quantitative estimate of drug-likeness (QED) is 0.513. The van der Waals surface area contributed by atoms with Crippen LogP contribution in [-0.4, -0.2) is 36.0 Å². The van der Waals surface area contributed by atoms with Gasteiger partial charge in [0.25, 0.3) is 5.91 Å². The van der Waals surface area contributed by atoms with Crippen molar-refractivity contribution in [3.63, 3.8) is 0 Å². The van der Waals surface area contributed by atoms with Gasteiger partial charge in [-0.25, -0.2) is 9.59 Å². The van der Waals surface area contributed by atoms with Gasteiger partial charge in [0, 0.05) is 33.4 Å². The Morgan fingerprint density at radius 3 is 2.52 bits per heavy atom. The highest BCUT2D eigenvalue weighted by Gasteiger charge is 2.24. The van der Waals surface area contributed by atoms with E-state index < -0.39 is 24.5 Å². The maximum Gasteiger partial charge on any atom is 0.341 e. The van der Waals surface area contributed by atoms with Gasteiger partial charge in [0.05, 0.1) is 12.2 Å². The van der Waals surface area contributed by atoms with Gasteiger partial charge in [0.15, 0.2) is 6.61 Å². The van der Waals surface area contributed by atoms with Gasteiger partial charge in [-0.1, -0.05) is 29.8 Å². The molecule has 0 saturated heterocycles. The normalized spacial score (nSPS) is 10.4. The van der Waals surface area contributed by atoms with Crippen molar-refractivity contribution in [2.24, 2.45) is 0 Å². The lowest BCUT2D eigenvalue weighted by Gasteiger charge is -2.10. The van der Waals surface area contributed by atoms with E-state index in [1.807, 2.05) is 0 Å². The molecule has 2 heterocycles. The van der Waals surface area contributed by atoms with Crippen LogP contribution in [-0.2, 0) is 14.3 Å². The van der Waals surface area contributed by atoms with Crippen LogP contribution in [0.1, 0.15) is 33.3 Å². The van der Waals surface area contributed by atoms with E-state index >= 15 is 0 Å². The first kappa shape index (κ1) is 22.5. The smallest absolute Gasteiger partial charge is 0.341 e. The number of anilines is 1. The zero-order valence-corrected chi connectivity index (χ0v) is 18.4. The summed E-state index contributed by atoms with van der Waals surface area (Å²) in [4.78, 5) is 41.1. The zero-order valence-electron chi connectivity index (χ0n) is 16.8. The Morgan fingerprint density at radius 1 is 1.06 bits per heavy atom. The predicted molar refractivity (Wildman–Crippen MR) is 119 cm³/mol. The molecule has 0 aliphatic heterocycles. The van der Waals surface area contributed by atoms with E-state index in [2.05, 4.69) is 10.3 Å². The van der Waals surface area contributed by atoms with Gasteiger partial charge >= 0.3 is 11.9 Å². The molecular weight excluding hydrogens is 440 g/mol. The van der Waals surface area contributed by atoms with Crippen LogP contribution in [0.15, 0.2) is 48.0 Å². The number of benzene rings is 1. The number of hydrogen-bond acceptors (Lipinski definition) is 7. The summed E-state index contributed by atoms with van der Waals surface area (Å²) in [5.74, 6) is -1.85. The lowest BCUT2D eigenvalue weighted by atomic mass is 10.0. The summed E-state index contributed by atoms with van der Waals surface area (Å²) in [6.45, 7) is 3.14. The molecule has 0 radical (unpaired) electrons. The monoisotopic (exact) mass is 458 g/mol. The molecule has 31 heavy (non-hydrogen) atoms. The van der Waals surface area contributed by atoms with E-state index in [0.29, 0.717) is 16.1 Å². The summed E-state index contributed by atoms with van der Waals surface area (Å²) in [6, 6.07) is 10.3. The van der Waals surface area contributed by atoms with Crippen molar-refractivity contribution in [1.29, 1.82) is 0 Å². The molecule has 0 saturated carbocycles. The number of rotatable bonds is 7. The third-order valence-corrected chi connectivity index (χ3v) is 5.39. The van der Waals surface area contributed by atoms with E-state index in [4.69, 9.17) is 21.1 Å². The number of esters is 2. The Balaban J connectivity index is 1.76. The number of nitrogens with zero attached hydrogens (tertiary/aromatic N) is 1. The molecule has 0 spiro atoms. The van der Waals surface area contributed by atoms with Gasteiger partial charge < -0.3 is 14.8 Å². The minimum Gasteiger partial charge on any atom is -0.462 e. The third kappa shape index (κ3) is 5.48. The first-order chi connectivity index (χ1) is 14.9. The van der Waals surface area contributed by atoms with E-state index in [0.717, 1.165) is 17.0 Å². The third-order valence-electron chi connectivity index (χ3n) is 4.17. The Kier molecular flexibility index (Phi) is 7.38. The van der Waals surface area contributed by atoms with Crippen molar-refractivity contribution in [2.75, 3.05) is 18.5 Å². The van der Waals surface area contributed by atoms with Gasteiger partial charge in [0.1, 0.15) is 10.6 Å². The van der Waals surface area contributed by atoms with Gasteiger partial charge in [-0.15, -0.1) is 11.3 Å². The SMILES string of the molecule is CCOC(=O)c1c(-c2ccccc2Cl)csc1NC(=O)COC(=O)c1ccc(C)nc1. The molecule has 160 valence electrons. The zero-order chi connectivity index (χ0) is 22.4. The lowest BCUT2D eigenvalue weighted by molar-refractivity contribution is -0.119. The average molecular weight is 459 g/mol. The number of ether oxygens (including phenoxy) is 2. The molecule has 2 aromatic heterocycles. The number of carbonyl (C=O) groups is 3. The van der Waals surface area contributed by atoms with Crippen LogP contribution in [0.5, 0.6) is 0 Å². The highest BCUT2D eigenvalue weighted by Crippen LogP contribution is 2.39. The molecule has 0 bridgehead atoms. The number of aromatic nitrogens is 1. The van der Waals surface area contributed by atoms with E-state index in [1.165, 1.54) is 6.20 Å². The number of nitrogens with one attached hydrogen (secondary N) is 1. The van der Waals surface area contributed by atoms with Crippen molar-refractivity contribution in [3.8, 4) is 11.1 Å². The molecule has 1 amide bonds. The fourth-order valence-electron chi connectivity index (χ4n) is 2.70. The maximum absolute atomic E-state index is 12.6. The molecule has 7 nitrogen and oxygen atoms in total. The molecule has 9 heteroatoms. The van der Waals surface area contributed by atoms with Crippen molar-refractivity contribution in [2.45, 2.75) is 13.8 Å². The molecule has 0 unspecified atom stereocenters. The highest BCUT2D eigenvalue weighted by molar-refractivity contribution is 7.15. The molecular formula is C22H19ClN2O5S. The van der Waals surface area contributed by atoms with Gasteiger partial charge in [0.2, 0.25) is 0 Å². The van der Waals surface area contributed by atoms with Crippen LogP contribution < -0.4 is 5.32 Å². The Morgan fingerprint density at radius 2 is 1.84 bits per heavy atom. The van der Waals surface area contributed by atoms with Gasteiger partial charge in [-0.3, -0.25) is 9.78 Å². The lowest BCUT2D eigenvalue weighted by Crippen LogP contribution is -2.21. The second kappa shape index (κ2) is 10.2. The standard InChI is InChI=1S/C22H19ClN2O5S/c1-3-29-22(28)19-16(15-6-4-5-7-17(15)23)12-31-20(19)25-18(26)11-30-21(27)14-9-8-13(2)24-10-14/h4-10,12H,3,11H2,1-2H3,(H,25,26). The fourth-order valence-corrected chi connectivity index (χ4v) is 3.90. The fraction of sp³-hybridized carbons (Fsp3) is 0.182. The number of hydrogen-bond donors (Lipinski definition) is 1. The minimum absolute atomic E-state index is 0.173. The number of pyridine rings is 1. The van der Waals surface area contributed by atoms with Crippen LogP contribution in [0.4, 0.5) is 5.00 Å². The number of aryl methyl sites for hydroxylation is 1. The summed E-state index contributed by atoms with van der Waals surface area (Å²) in [7, 11) is 0. The first-order valence-corrected chi connectivity index (χ1v) is 10.6. The number of halogens is 1. The van der Waals surface area contributed by atoms with Crippen molar-refractivity contribution >= 4 is 45.8 Å². The molecule has 3 rings (SSSR count). The van der Waals surface area contributed by atoms with Crippen molar-refractivity contribution in [3.05, 3.63) is 69.8 Å². The molecule has 1 N–H and O–H groups in total. The summed E-state index contributed by atoms with van der Waals surface area (Å²) < 4.78 is 10.2. The second-order valence-corrected chi connectivity index (χ2v) is 7.65. The Bertz CT molecular complexity index is 1110. The number of thiophene rings is 1. The molecule has 0 aliphatic carbocycles. The largest absolute Gasteiger partial charge is 0.462 e. The van der Waals surface area contributed by atoms with E-state index in [1.54, 1.807) is 55.6 Å². The molecule has 3 aromatic rings. The molecule has 0 fully saturated rings. The van der Waals surface area contributed by atoms with E-state index in [-0.39, 0.29) is 22.7 Å².